The normalized spacial score (nSPS) is 25.3. The lowest BCUT2D eigenvalue weighted by Gasteiger charge is -2.45. The van der Waals surface area contributed by atoms with Crippen molar-refractivity contribution in [1.29, 1.82) is 5.26 Å². The summed E-state index contributed by atoms with van der Waals surface area (Å²) in [4.78, 5) is 19.0. The van der Waals surface area contributed by atoms with Gasteiger partial charge in [-0.2, -0.15) is 5.26 Å². The molecule has 2 N–H and O–H groups in total. The number of nitrogens with two attached hydrogens (primary N) is 1. The van der Waals surface area contributed by atoms with Crippen molar-refractivity contribution in [2.24, 2.45) is 10.7 Å². The minimum Gasteiger partial charge on any atom is -0.487 e. The van der Waals surface area contributed by atoms with Crippen LogP contribution in [0.25, 0.3) is 11.1 Å². The van der Waals surface area contributed by atoms with Gasteiger partial charge < -0.3 is 24.9 Å². The zero-order chi connectivity index (χ0) is 21.3. The molecule has 0 saturated carbocycles. The average molecular weight is 404 g/mol. The Kier molecular flexibility index (Phi) is 5.18. The number of benzene rings is 2. The molecule has 0 amide bonds. The number of nitriles is 1. The third kappa shape index (κ3) is 3.29. The highest BCUT2D eigenvalue weighted by Gasteiger charge is 2.53. The van der Waals surface area contributed by atoms with Crippen LogP contribution in [-0.4, -0.2) is 50.1 Å². The Hall–Kier alpha value is -3.37. The quantitative estimate of drug-likeness (QED) is 0.479. The zero-order valence-electron chi connectivity index (χ0n) is 17.0. The second-order valence-electron chi connectivity index (χ2n) is 7.80. The van der Waals surface area contributed by atoms with Crippen LogP contribution in [0.1, 0.15) is 24.0 Å². The van der Waals surface area contributed by atoms with Crippen LogP contribution >= 0.6 is 0 Å². The summed E-state index contributed by atoms with van der Waals surface area (Å²) in [6.07, 6.45) is 1.63. The molecule has 30 heavy (non-hydrogen) atoms. The second kappa shape index (κ2) is 7.81. The van der Waals surface area contributed by atoms with E-state index in [-0.39, 0.29) is 12.1 Å². The van der Waals surface area contributed by atoms with Gasteiger partial charge in [0.2, 0.25) is 0 Å². The largest absolute Gasteiger partial charge is 0.487 e. The summed E-state index contributed by atoms with van der Waals surface area (Å²) in [5.41, 5.74) is 7.75. The Morgan fingerprint density at radius 1 is 1.30 bits per heavy atom. The van der Waals surface area contributed by atoms with Crippen molar-refractivity contribution >= 4 is 12.2 Å². The lowest BCUT2D eigenvalue weighted by atomic mass is 9.78. The van der Waals surface area contributed by atoms with Gasteiger partial charge in [0.1, 0.15) is 18.0 Å². The molecule has 4 rings (SSSR count). The number of aldehydes is 1. The van der Waals surface area contributed by atoms with Crippen LogP contribution in [-0.2, 0) is 15.1 Å². The summed E-state index contributed by atoms with van der Waals surface area (Å²) < 4.78 is 12.2. The van der Waals surface area contributed by atoms with E-state index in [1.807, 2.05) is 36.4 Å². The highest BCUT2D eigenvalue weighted by Crippen LogP contribution is 2.46. The van der Waals surface area contributed by atoms with Gasteiger partial charge in [-0.3, -0.25) is 0 Å². The molecular formula is C23H24N4O3. The number of carbonyl (C=O) groups excluding carboxylic acids is 1. The smallest absolute Gasteiger partial charge is 0.192 e. The first kappa shape index (κ1) is 19.9. The van der Waals surface area contributed by atoms with Crippen molar-refractivity contribution in [2.45, 2.75) is 30.6 Å². The molecule has 0 spiro atoms. The molecule has 1 saturated heterocycles. The second-order valence-corrected chi connectivity index (χ2v) is 7.80. The van der Waals surface area contributed by atoms with Crippen LogP contribution in [0.2, 0.25) is 0 Å². The predicted molar refractivity (Wildman–Crippen MR) is 113 cm³/mol. The van der Waals surface area contributed by atoms with E-state index in [0.717, 1.165) is 30.3 Å². The molecule has 0 radical (unpaired) electrons. The van der Waals surface area contributed by atoms with Crippen molar-refractivity contribution < 1.29 is 14.3 Å². The molecule has 2 aliphatic heterocycles. The molecule has 1 fully saturated rings. The van der Waals surface area contributed by atoms with Gasteiger partial charge >= 0.3 is 0 Å². The van der Waals surface area contributed by atoms with E-state index in [2.05, 4.69) is 11.1 Å². The Morgan fingerprint density at radius 2 is 2.10 bits per heavy atom. The maximum atomic E-state index is 12.6. The van der Waals surface area contributed by atoms with Crippen LogP contribution in [0.15, 0.2) is 47.5 Å². The van der Waals surface area contributed by atoms with Crippen molar-refractivity contribution in [3.63, 3.8) is 0 Å². The summed E-state index contributed by atoms with van der Waals surface area (Å²) >= 11 is 0. The molecule has 2 heterocycles. The van der Waals surface area contributed by atoms with Gasteiger partial charge in [0.05, 0.1) is 11.6 Å². The number of rotatable bonds is 3. The van der Waals surface area contributed by atoms with Crippen molar-refractivity contribution in [3.05, 3.63) is 53.6 Å². The average Bonchev–Trinajstić information content (AvgIpc) is 2.78. The number of aliphatic imine (C=N–C) groups is 1. The van der Waals surface area contributed by atoms with Gasteiger partial charge in [0, 0.05) is 26.3 Å². The van der Waals surface area contributed by atoms with Gasteiger partial charge in [0.15, 0.2) is 17.8 Å². The molecule has 0 bridgehead atoms. The van der Waals surface area contributed by atoms with E-state index >= 15 is 0 Å². The number of fused-ring (bicyclic) bond motifs is 2. The zero-order valence-corrected chi connectivity index (χ0v) is 17.0. The SMILES string of the molecule is CN(C)C(N)=NC1(C=O)c2cc(-c3cccc(C#N)c3)ccc2OC2CCCOC21. The lowest BCUT2D eigenvalue weighted by Crippen LogP contribution is -2.56. The molecule has 2 aliphatic rings. The van der Waals surface area contributed by atoms with E-state index < -0.39 is 11.6 Å². The van der Waals surface area contributed by atoms with Crippen LogP contribution in [0, 0.1) is 11.3 Å². The maximum absolute atomic E-state index is 12.6. The first-order chi connectivity index (χ1) is 14.5. The molecule has 7 nitrogen and oxygen atoms in total. The third-order valence-corrected chi connectivity index (χ3v) is 5.65. The maximum Gasteiger partial charge on any atom is 0.192 e. The summed E-state index contributed by atoms with van der Waals surface area (Å²) in [5.74, 6) is 0.837. The van der Waals surface area contributed by atoms with E-state index in [4.69, 9.17) is 15.2 Å². The minimum absolute atomic E-state index is 0.236. The summed E-state index contributed by atoms with van der Waals surface area (Å²) in [6, 6.07) is 15.1. The lowest BCUT2D eigenvalue weighted by molar-refractivity contribution is -0.137. The van der Waals surface area contributed by atoms with Crippen molar-refractivity contribution in [1.82, 2.24) is 4.90 Å². The molecule has 2 aromatic rings. The van der Waals surface area contributed by atoms with Crippen LogP contribution in [0.5, 0.6) is 5.75 Å². The predicted octanol–water partition coefficient (Wildman–Crippen LogP) is 2.44. The molecule has 0 aromatic heterocycles. The van der Waals surface area contributed by atoms with Crippen LogP contribution in [0.4, 0.5) is 0 Å². The monoisotopic (exact) mass is 404 g/mol. The standard InChI is InChI=1S/C23H24N4O3/c1-27(2)22(25)26-23(14-28)18-12-17(16-6-3-5-15(11-16)13-24)8-9-19(18)30-20-7-4-10-29-21(20)23/h3,5-6,8-9,11-12,14,20-21H,4,7,10H2,1-2H3,(H2,25,26). The highest BCUT2D eigenvalue weighted by atomic mass is 16.5. The van der Waals surface area contributed by atoms with Crippen LogP contribution in [0.3, 0.4) is 0 Å². The topological polar surface area (TPSA) is 101 Å². The Morgan fingerprint density at radius 3 is 2.83 bits per heavy atom. The van der Waals surface area contributed by atoms with E-state index in [1.54, 1.807) is 25.1 Å². The Bertz CT molecular complexity index is 1040. The Balaban J connectivity index is 1.92. The first-order valence-electron chi connectivity index (χ1n) is 9.91. The third-order valence-electron chi connectivity index (χ3n) is 5.65. The molecule has 3 unspecified atom stereocenters. The summed E-state index contributed by atoms with van der Waals surface area (Å²) in [6.45, 7) is 0.538. The molecule has 154 valence electrons. The number of guanidine groups is 1. The number of hydrogen-bond donors (Lipinski definition) is 1. The van der Waals surface area contributed by atoms with Crippen molar-refractivity contribution in [3.8, 4) is 22.9 Å². The number of nitrogens with zero attached hydrogens (tertiary/aromatic N) is 3. The van der Waals surface area contributed by atoms with E-state index in [1.165, 1.54) is 0 Å². The summed E-state index contributed by atoms with van der Waals surface area (Å²) in [7, 11) is 3.56. The summed E-state index contributed by atoms with van der Waals surface area (Å²) in [5, 5.41) is 9.23. The van der Waals surface area contributed by atoms with Gasteiger partial charge in [0.25, 0.3) is 0 Å². The molecule has 2 aromatic carbocycles. The number of hydrogen-bond acceptors (Lipinski definition) is 5. The number of ether oxygens (including phenoxy) is 2. The van der Waals surface area contributed by atoms with Gasteiger partial charge in [-0.1, -0.05) is 18.2 Å². The Labute approximate surface area is 175 Å². The fourth-order valence-electron chi connectivity index (χ4n) is 4.06. The molecular weight excluding hydrogens is 380 g/mol. The first-order valence-corrected chi connectivity index (χ1v) is 9.91. The number of carbonyl (C=O) groups is 1. The van der Waals surface area contributed by atoms with Crippen molar-refractivity contribution in [2.75, 3.05) is 20.7 Å². The van der Waals surface area contributed by atoms with E-state index in [9.17, 15) is 10.1 Å². The fourth-order valence-corrected chi connectivity index (χ4v) is 4.06. The molecule has 7 heteroatoms. The molecule has 3 atom stereocenters. The highest BCUT2D eigenvalue weighted by molar-refractivity contribution is 5.84. The van der Waals surface area contributed by atoms with Gasteiger partial charge in [-0.15, -0.1) is 0 Å². The van der Waals surface area contributed by atoms with E-state index in [0.29, 0.717) is 23.5 Å². The fraction of sp³-hybridized carbons (Fsp3) is 0.348. The van der Waals surface area contributed by atoms with Gasteiger partial charge in [-0.25, -0.2) is 4.99 Å². The minimum atomic E-state index is -1.31. The van der Waals surface area contributed by atoms with Crippen LogP contribution < -0.4 is 10.5 Å². The van der Waals surface area contributed by atoms with Gasteiger partial charge in [-0.05, 0) is 48.2 Å². The molecule has 0 aliphatic carbocycles.